The molecule has 46 heavy (non-hydrogen) atoms. The number of benzene rings is 2. The van der Waals surface area contributed by atoms with Crippen LogP contribution in [0, 0.1) is 17.5 Å². The number of amides is 3. The van der Waals surface area contributed by atoms with Gasteiger partial charge < -0.3 is 29.0 Å². The fraction of sp³-hybridized carbons (Fsp3) is 0.281. The zero-order valence-corrected chi connectivity index (χ0v) is 25.7. The second kappa shape index (κ2) is 14.6. The average molecular weight is 639 g/mol. The highest BCUT2D eigenvalue weighted by Gasteiger charge is 2.25. The molecule has 3 amide bonds. The number of allylic oxidation sites excluding steroid dienone is 1. The fourth-order valence-corrected chi connectivity index (χ4v) is 4.44. The van der Waals surface area contributed by atoms with Crippen molar-refractivity contribution in [3.05, 3.63) is 106 Å². The molecule has 0 fully saturated rings. The maximum absolute atomic E-state index is 14.6. The lowest BCUT2D eigenvalue weighted by atomic mass is 10.1. The Kier molecular flexibility index (Phi) is 10.6. The molecule has 1 atom stereocenters. The van der Waals surface area contributed by atoms with Gasteiger partial charge in [-0.05, 0) is 49.2 Å². The molecule has 0 aliphatic carbocycles. The lowest BCUT2D eigenvalue weighted by molar-refractivity contribution is -0.125. The van der Waals surface area contributed by atoms with E-state index in [0.29, 0.717) is 5.52 Å². The molecule has 2 heterocycles. The number of ether oxygens (including phenoxy) is 1. The maximum atomic E-state index is 14.6. The Labute approximate surface area is 262 Å². The van der Waals surface area contributed by atoms with Crippen LogP contribution >= 0.6 is 0 Å². The Hall–Kier alpha value is -5.40. The molecule has 11 nitrogen and oxygen atoms in total. The third-order valence-corrected chi connectivity index (χ3v) is 6.92. The molecule has 1 unspecified atom stereocenters. The zero-order valence-electron chi connectivity index (χ0n) is 25.7. The number of hydrogen-bond donors (Lipinski definition) is 1. The Balaban J connectivity index is 1.60. The molecule has 14 heteroatoms. The van der Waals surface area contributed by atoms with E-state index in [1.54, 1.807) is 24.7 Å². The lowest BCUT2D eigenvalue weighted by Crippen LogP contribution is -2.37. The first-order chi connectivity index (χ1) is 21.8. The van der Waals surface area contributed by atoms with E-state index in [0.717, 1.165) is 17.0 Å². The van der Waals surface area contributed by atoms with E-state index >= 15 is 0 Å². The normalized spacial score (nSPS) is 11.9. The SMILES string of the molecule is CN(C)C(=O)C=CCCC(OC(=O)N(C)C)C(=O)Nc1cccn(Cc2nc3cc(F)ccc3n2Cc2ccc(F)cc2F)c1=O. The molecule has 4 aromatic rings. The van der Waals surface area contributed by atoms with Crippen LogP contribution in [0.4, 0.5) is 23.7 Å². The number of pyridine rings is 1. The minimum absolute atomic E-state index is 0.0319. The smallest absolute Gasteiger partial charge is 0.410 e. The topological polar surface area (TPSA) is 119 Å². The van der Waals surface area contributed by atoms with Gasteiger partial charge >= 0.3 is 6.09 Å². The number of hydrogen-bond acceptors (Lipinski definition) is 6. The zero-order chi connectivity index (χ0) is 33.5. The number of imidazole rings is 1. The molecule has 0 spiro atoms. The average Bonchev–Trinajstić information content (AvgIpc) is 3.32. The maximum Gasteiger partial charge on any atom is 0.410 e. The van der Waals surface area contributed by atoms with Crippen LogP contribution in [0.15, 0.2) is 71.7 Å². The van der Waals surface area contributed by atoms with E-state index in [1.165, 1.54) is 72.2 Å². The quantitative estimate of drug-likeness (QED) is 0.247. The Morgan fingerprint density at radius 1 is 0.978 bits per heavy atom. The number of anilines is 1. The van der Waals surface area contributed by atoms with Crippen LogP contribution in [0.5, 0.6) is 0 Å². The highest BCUT2D eigenvalue weighted by Crippen LogP contribution is 2.22. The van der Waals surface area contributed by atoms with Gasteiger partial charge in [-0.15, -0.1) is 0 Å². The van der Waals surface area contributed by atoms with Gasteiger partial charge in [0.05, 0.1) is 24.1 Å². The summed E-state index contributed by atoms with van der Waals surface area (Å²) in [6, 6.07) is 9.97. The largest absolute Gasteiger partial charge is 0.436 e. The first-order valence-electron chi connectivity index (χ1n) is 14.2. The van der Waals surface area contributed by atoms with Gasteiger partial charge in [-0.2, -0.15) is 0 Å². The molecule has 242 valence electrons. The van der Waals surface area contributed by atoms with E-state index in [9.17, 15) is 32.3 Å². The van der Waals surface area contributed by atoms with Crippen LogP contribution < -0.4 is 10.9 Å². The molecule has 0 aliphatic rings. The number of fused-ring (bicyclic) bond motifs is 1. The van der Waals surface area contributed by atoms with Gasteiger partial charge in [0.2, 0.25) is 5.91 Å². The summed E-state index contributed by atoms with van der Waals surface area (Å²) in [7, 11) is 6.09. The molecule has 0 radical (unpaired) electrons. The number of halogens is 3. The van der Waals surface area contributed by atoms with E-state index in [-0.39, 0.29) is 54.4 Å². The molecule has 4 rings (SSSR count). The van der Waals surface area contributed by atoms with Crippen molar-refractivity contribution >= 4 is 34.6 Å². The van der Waals surface area contributed by atoms with Crippen LogP contribution in [-0.2, 0) is 27.4 Å². The monoisotopic (exact) mass is 638 g/mol. The van der Waals surface area contributed by atoms with Crippen molar-refractivity contribution in [3.63, 3.8) is 0 Å². The van der Waals surface area contributed by atoms with Crippen molar-refractivity contribution < 1.29 is 32.3 Å². The summed E-state index contributed by atoms with van der Waals surface area (Å²) in [5, 5.41) is 2.52. The minimum Gasteiger partial charge on any atom is -0.436 e. The number of carbonyl (C=O) groups is 3. The van der Waals surface area contributed by atoms with Crippen molar-refractivity contribution in [2.45, 2.75) is 32.0 Å². The number of aromatic nitrogens is 3. The number of likely N-dealkylation sites (N-methyl/N-ethyl adjacent to an activating group) is 1. The Morgan fingerprint density at radius 3 is 2.39 bits per heavy atom. The van der Waals surface area contributed by atoms with Gasteiger partial charge in [-0.25, -0.2) is 22.9 Å². The highest BCUT2D eigenvalue weighted by atomic mass is 19.1. The molecule has 2 aromatic heterocycles. The van der Waals surface area contributed by atoms with Crippen LogP contribution in [0.1, 0.15) is 24.2 Å². The molecule has 0 bridgehead atoms. The van der Waals surface area contributed by atoms with Crippen molar-refractivity contribution in [3.8, 4) is 0 Å². The first kappa shape index (κ1) is 33.5. The number of nitrogens with one attached hydrogen (secondary N) is 1. The summed E-state index contributed by atoms with van der Waals surface area (Å²) >= 11 is 0. The summed E-state index contributed by atoms with van der Waals surface area (Å²) in [5.41, 5.74) is 0.142. The molecular weight excluding hydrogens is 605 g/mol. The second-order valence-corrected chi connectivity index (χ2v) is 10.8. The third-order valence-electron chi connectivity index (χ3n) is 6.92. The van der Waals surface area contributed by atoms with Gasteiger partial charge in [0.15, 0.2) is 6.10 Å². The Morgan fingerprint density at radius 2 is 1.70 bits per heavy atom. The van der Waals surface area contributed by atoms with E-state index in [2.05, 4.69) is 10.3 Å². The number of nitrogens with zero attached hydrogens (tertiary/aromatic N) is 5. The van der Waals surface area contributed by atoms with Crippen LogP contribution in [0.3, 0.4) is 0 Å². The summed E-state index contributed by atoms with van der Waals surface area (Å²) in [6.07, 6.45) is 2.55. The summed E-state index contributed by atoms with van der Waals surface area (Å²) < 4.78 is 50.3. The van der Waals surface area contributed by atoms with E-state index < -0.39 is 41.1 Å². The van der Waals surface area contributed by atoms with Crippen molar-refractivity contribution in [2.24, 2.45) is 0 Å². The van der Waals surface area contributed by atoms with E-state index in [1.807, 2.05) is 0 Å². The molecule has 0 saturated carbocycles. The second-order valence-electron chi connectivity index (χ2n) is 10.8. The predicted octanol–water partition coefficient (Wildman–Crippen LogP) is 4.14. The number of carbonyl (C=O) groups excluding carboxylic acids is 3. The first-order valence-corrected chi connectivity index (χ1v) is 14.2. The molecule has 0 saturated heterocycles. The van der Waals surface area contributed by atoms with E-state index in [4.69, 9.17) is 4.74 Å². The van der Waals surface area contributed by atoms with Gasteiger partial charge in [0, 0.05) is 52.1 Å². The summed E-state index contributed by atoms with van der Waals surface area (Å²) in [4.78, 5) is 57.8. The molecule has 2 aromatic carbocycles. The van der Waals surface area contributed by atoms with Crippen molar-refractivity contribution in [2.75, 3.05) is 33.5 Å². The van der Waals surface area contributed by atoms with Crippen LogP contribution in [0.2, 0.25) is 0 Å². The third kappa shape index (κ3) is 8.20. The highest BCUT2D eigenvalue weighted by molar-refractivity contribution is 5.95. The molecule has 0 aliphatic heterocycles. The van der Waals surface area contributed by atoms with Gasteiger partial charge in [-0.3, -0.25) is 14.4 Å². The van der Waals surface area contributed by atoms with Gasteiger partial charge in [0.25, 0.3) is 11.5 Å². The standard InChI is InChI=1S/C32H33F3N6O5/c1-38(2)29(42)10-6-5-9-27(46-32(45)39(3)4)30(43)37-24-8-7-15-40(31(24)44)19-28-36-25-17-22(34)13-14-26(25)41(28)18-20-11-12-21(33)16-23(20)35/h6-8,10-17,27H,5,9,18-19H2,1-4H3,(H,37,43). The van der Waals surface area contributed by atoms with Crippen LogP contribution in [-0.4, -0.2) is 76.1 Å². The lowest BCUT2D eigenvalue weighted by Gasteiger charge is -2.20. The summed E-state index contributed by atoms with van der Waals surface area (Å²) in [6.45, 7) is -0.229. The minimum atomic E-state index is -1.29. The summed E-state index contributed by atoms with van der Waals surface area (Å²) in [5.74, 6) is -2.79. The fourth-order valence-electron chi connectivity index (χ4n) is 4.44. The molecule has 1 N–H and O–H groups in total. The van der Waals surface area contributed by atoms with Gasteiger partial charge in [-0.1, -0.05) is 12.1 Å². The molecular formula is C32H33F3N6O5. The Bertz CT molecular complexity index is 1850. The van der Waals surface area contributed by atoms with Crippen molar-refractivity contribution in [1.82, 2.24) is 23.9 Å². The number of rotatable bonds is 11. The predicted molar refractivity (Wildman–Crippen MR) is 165 cm³/mol. The van der Waals surface area contributed by atoms with Crippen LogP contribution in [0.25, 0.3) is 11.0 Å². The van der Waals surface area contributed by atoms with Gasteiger partial charge in [0.1, 0.15) is 29.0 Å². The van der Waals surface area contributed by atoms with Crippen molar-refractivity contribution in [1.29, 1.82) is 0 Å².